The van der Waals surface area contributed by atoms with Crippen molar-refractivity contribution in [1.82, 2.24) is 15.0 Å². The van der Waals surface area contributed by atoms with Crippen LogP contribution in [0.1, 0.15) is 21.6 Å². The quantitative estimate of drug-likeness (QED) is 0.237. The van der Waals surface area contributed by atoms with Gasteiger partial charge in [0.15, 0.2) is 17.3 Å². The number of aromatic nitrogens is 3. The first kappa shape index (κ1) is 26.2. The van der Waals surface area contributed by atoms with Crippen molar-refractivity contribution in [2.75, 3.05) is 12.4 Å². The molecule has 0 bridgehead atoms. The maximum Gasteiger partial charge on any atom is 0.261 e. The predicted octanol–water partition coefficient (Wildman–Crippen LogP) is 6.68. The Morgan fingerprint density at radius 2 is 1.82 bits per heavy atom. The van der Waals surface area contributed by atoms with E-state index < -0.39 is 17.5 Å². The van der Waals surface area contributed by atoms with Crippen molar-refractivity contribution in [3.8, 4) is 34.3 Å². The van der Waals surface area contributed by atoms with Crippen LogP contribution in [0.2, 0.25) is 0 Å². The second-order valence-corrected chi connectivity index (χ2v) is 8.66. The number of nitrogens with one attached hydrogen (secondary N) is 1. The molecule has 0 spiro atoms. The van der Waals surface area contributed by atoms with E-state index in [1.807, 2.05) is 0 Å². The molecule has 0 unspecified atom stereocenters. The van der Waals surface area contributed by atoms with Crippen molar-refractivity contribution >= 4 is 28.7 Å². The Balaban J connectivity index is 1.40. The molecule has 40 heavy (non-hydrogen) atoms. The highest BCUT2D eigenvalue weighted by Gasteiger charge is 2.20. The van der Waals surface area contributed by atoms with Crippen LogP contribution in [0.25, 0.3) is 28.2 Å². The lowest BCUT2D eigenvalue weighted by Gasteiger charge is -2.14. The van der Waals surface area contributed by atoms with Crippen LogP contribution in [0.3, 0.4) is 0 Å². The van der Waals surface area contributed by atoms with Crippen LogP contribution in [0.4, 0.5) is 14.5 Å². The fraction of sp³-hybridized carbons (Fsp3) is 0.0667. The molecule has 200 valence electrons. The topological polar surface area (TPSA) is 106 Å². The Hall–Kier alpha value is -5.38. The summed E-state index contributed by atoms with van der Waals surface area (Å²) in [5, 5.41) is 13.4. The lowest BCUT2D eigenvalue weighted by Crippen LogP contribution is -2.13. The zero-order chi connectivity index (χ0) is 28.4. The van der Waals surface area contributed by atoms with E-state index in [1.54, 1.807) is 25.1 Å². The Labute approximate surface area is 227 Å². The third-order valence-electron chi connectivity index (χ3n) is 6.11. The zero-order valence-corrected chi connectivity index (χ0v) is 21.4. The summed E-state index contributed by atoms with van der Waals surface area (Å²) in [5.74, 6) is -1.78. The van der Waals surface area contributed by atoms with Gasteiger partial charge >= 0.3 is 0 Å². The van der Waals surface area contributed by atoms with Crippen LogP contribution < -0.4 is 14.8 Å². The highest BCUT2D eigenvalue weighted by molar-refractivity contribution is 6.07. The molecule has 0 fully saturated rings. The van der Waals surface area contributed by atoms with Crippen molar-refractivity contribution in [3.05, 3.63) is 102 Å². The number of pyridine rings is 3. The fourth-order valence-electron chi connectivity index (χ4n) is 4.14. The average Bonchev–Trinajstić information content (AvgIpc) is 2.94. The number of hydrogen-bond acceptors (Lipinski definition) is 7. The molecule has 2 N–H and O–H groups in total. The van der Waals surface area contributed by atoms with E-state index in [4.69, 9.17) is 9.47 Å². The van der Waals surface area contributed by atoms with Gasteiger partial charge < -0.3 is 19.9 Å². The van der Waals surface area contributed by atoms with Crippen LogP contribution in [0, 0.1) is 18.6 Å². The van der Waals surface area contributed by atoms with Crippen LogP contribution in [-0.2, 0) is 0 Å². The minimum absolute atomic E-state index is 0.113. The van der Waals surface area contributed by atoms with Crippen LogP contribution in [0.15, 0.2) is 73.6 Å². The Morgan fingerprint density at radius 1 is 1.05 bits per heavy atom. The molecule has 3 heterocycles. The van der Waals surface area contributed by atoms with Gasteiger partial charge in [0, 0.05) is 47.0 Å². The van der Waals surface area contributed by atoms with Gasteiger partial charge in [-0.25, -0.2) is 13.8 Å². The van der Waals surface area contributed by atoms with Crippen molar-refractivity contribution in [3.63, 3.8) is 0 Å². The lowest BCUT2D eigenvalue weighted by atomic mass is 10.0. The van der Waals surface area contributed by atoms with Gasteiger partial charge in [-0.15, -0.1) is 0 Å². The molecular weight excluding hydrogens is 518 g/mol. The molecule has 8 nitrogen and oxygen atoms in total. The average molecular weight is 541 g/mol. The van der Waals surface area contributed by atoms with Crippen molar-refractivity contribution in [2.24, 2.45) is 0 Å². The number of fused-ring (bicyclic) bond motifs is 1. The molecule has 10 heteroatoms. The second-order valence-electron chi connectivity index (χ2n) is 8.66. The highest BCUT2D eigenvalue weighted by Crippen LogP contribution is 2.36. The zero-order valence-electron chi connectivity index (χ0n) is 21.4. The summed E-state index contributed by atoms with van der Waals surface area (Å²) in [6.07, 6.45) is 4.31. The van der Waals surface area contributed by atoms with E-state index in [2.05, 4.69) is 26.8 Å². The van der Waals surface area contributed by atoms with Gasteiger partial charge in [-0.2, -0.15) is 0 Å². The summed E-state index contributed by atoms with van der Waals surface area (Å²) < 4.78 is 39.5. The SMILES string of the molecule is C=Cc1cc2nccc(Oc3ccc(NC(=O)c4cnc(C)c(-c5ccc(F)cc5)c4O)cc3F)c2nc1OC. The number of benzene rings is 2. The van der Waals surface area contributed by atoms with Crippen molar-refractivity contribution < 1.29 is 28.2 Å². The molecule has 0 aliphatic heterocycles. The molecule has 0 aliphatic carbocycles. The molecule has 2 aromatic carbocycles. The lowest BCUT2D eigenvalue weighted by molar-refractivity contribution is 0.102. The summed E-state index contributed by atoms with van der Waals surface area (Å²) in [5.41, 5.74) is 2.72. The molecule has 0 saturated carbocycles. The van der Waals surface area contributed by atoms with E-state index in [9.17, 15) is 14.3 Å². The standard InChI is InChI=1S/C30H22F2N4O4/c1-4-17-13-23-27(36-30(17)39-3)25(11-12-33-23)40-24-10-9-20(14-22(24)32)35-29(38)21-15-34-16(2)26(28(21)37)18-5-7-19(31)8-6-18/h4-15H,1H2,2-3H3,(H,34,37)(H,35,38). The first-order valence-corrected chi connectivity index (χ1v) is 12.0. The maximum absolute atomic E-state index is 15.1. The number of carbonyl (C=O) groups is 1. The Bertz CT molecular complexity index is 1780. The van der Waals surface area contributed by atoms with E-state index >= 15 is 4.39 Å². The van der Waals surface area contributed by atoms with Gasteiger partial charge in [0.25, 0.3) is 5.91 Å². The van der Waals surface area contributed by atoms with Gasteiger partial charge in [0.1, 0.15) is 22.6 Å². The molecule has 0 atom stereocenters. The first-order chi connectivity index (χ1) is 19.3. The van der Waals surface area contributed by atoms with Crippen molar-refractivity contribution in [1.29, 1.82) is 0 Å². The number of carbonyl (C=O) groups excluding carboxylic acids is 1. The third kappa shape index (κ3) is 5.02. The summed E-state index contributed by atoms with van der Waals surface area (Å²) in [6.45, 7) is 5.39. The van der Waals surface area contributed by atoms with E-state index in [0.717, 1.165) is 6.07 Å². The van der Waals surface area contributed by atoms with Gasteiger partial charge in [0.2, 0.25) is 5.88 Å². The number of anilines is 1. The molecule has 0 saturated heterocycles. The van der Waals surface area contributed by atoms with E-state index in [1.165, 1.54) is 55.9 Å². The van der Waals surface area contributed by atoms with Gasteiger partial charge in [0.05, 0.1) is 12.6 Å². The van der Waals surface area contributed by atoms with Gasteiger partial charge in [-0.05, 0) is 42.8 Å². The number of amides is 1. The number of methoxy groups -OCH3 is 1. The monoisotopic (exact) mass is 540 g/mol. The number of ether oxygens (including phenoxy) is 2. The number of hydrogen-bond donors (Lipinski definition) is 2. The highest BCUT2D eigenvalue weighted by atomic mass is 19.1. The van der Waals surface area contributed by atoms with Gasteiger partial charge in [-0.1, -0.05) is 24.8 Å². The van der Waals surface area contributed by atoms with Gasteiger partial charge in [-0.3, -0.25) is 14.8 Å². The van der Waals surface area contributed by atoms with Crippen LogP contribution in [0.5, 0.6) is 23.1 Å². The van der Waals surface area contributed by atoms with Crippen LogP contribution in [-0.4, -0.2) is 33.1 Å². The number of rotatable bonds is 7. The number of aromatic hydroxyl groups is 1. The molecule has 0 aliphatic rings. The largest absolute Gasteiger partial charge is 0.506 e. The van der Waals surface area contributed by atoms with E-state index in [0.29, 0.717) is 33.7 Å². The summed E-state index contributed by atoms with van der Waals surface area (Å²) in [6, 6.07) is 12.6. The smallest absolute Gasteiger partial charge is 0.261 e. The minimum atomic E-state index is -0.754. The molecule has 0 radical (unpaired) electrons. The number of nitrogens with zero attached hydrogens (tertiary/aromatic N) is 3. The summed E-state index contributed by atoms with van der Waals surface area (Å²) in [7, 11) is 1.47. The predicted molar refractivity (Wildman–Crippen MR) is 147 cm³/mol. The second kappa shape index (κ2) is 10.8. The van der Waals surface area contributed by atoms with E-state index in [-0.39, 0.29) is 34.1 Å². The minimum Gasteiger partial charge on any atom is -0.506 e. The molecule has 5 aromatic rings. The normalized spacial score (nSPS) is 10.8. The molecule has 5 rings (SSSR count). The molecule has 3 aromatic heterocycles. The molecular formula is C30H22F2N4O4. The van der Waals surface area contributed by atoms with Crippen molar-refractivity contribution in [2.45, 2.75) is 6.92 Å². The maximum atomic E-state index is 15.1. The molecule has 1 amide bonds. The van der Waals surface area contributed by atoms with Crippen LogP contribution >= 0.6 is 0 Å². The summed E-state index contributed by atoms with van der Waals surface area (Å²) >= 11 is 0. The number of aryl methyl sites for hydroxylation is 1. The Kier molecular flexibility index (Phi) is 7.07. The fourth-order valence-corrected chi connectivity index (χ4v) is 4.14. The summed E-state index contributed by atoms with van der Waals surface area (Å²) in [4.78, 5) is 25.9. The third-order valence-corrected chi connectivity index (χ3v) is 6.11. The Morgan fingerprint density at radius 3 is 2.52 bits per heavy atom. The number of halogens is 2. The first-order valence-electron chi connectivity index (χ1n) is 12.0.